The molecule has 0 saturated heterocycles. The first-order valence-corrected chi connectivity index (χ1v) is 8.31. The number of hydrogen-bond acceptors (Lipinski definition) is 5. The highest BCUT2D eigenvalue weighted by molar-refractivity contribution is 9.10. The summed E-state index contributed by atoms with van der Waals surface area (Å²) in [6.45, 7) is 1.81. The molecule has 0 aliphatic heterocycles. The Balaban J connectivity index is 2.02. The lowest BCUT2D eigenvalue weighted by atomic mass is 10.1. The van der Waals surface area contributed by atoms with Crippen molar-refractivity contribution in [1.82, 2.24) is 9.97 Å². The number of ether oxygens (including phenoxy) is 2. The molecule has 6 heteroatoms. The van der Waals surface area contributed by atoms with Gasteiger partial charge in [-0.25, -0.2) is 4.98 Å². The van der Waals surface area contributed by atoms with E-state index in [1.807, 2.05) is 30.3 Å². The van der Waals surface area contributed by atoms with Crippen molar-refractivity contribution in [2.24, 2.45) is 0 Å². The standard InChI is InChI=1S/C19H15BrN2O3/c1-12-21-16(14-6-4-3-5-7-14)10-18(22-12)25-19-15(20)8-13(11-23)9-17(19)24-2/h3-11H,1-2H3. The van der Waals surface area contributed by atoms with E-state index >= 15 is 0 Å². The molecule has 0 unspecified atom stereocenters. The average molecular weight is 399 g/mol. The van der Waals surface area contributed by atoms with Crippen LogP contribution in [-0.2, 0) is 0 Å². The summed E-state index contributed by atoms with van der Waals surface area (Å²) in [6, 6.07) is 14.8. The first kappa shape index (κ1) is 17.1. The van der Waals surface area contributed by atoms with Crippen molar-refractivity contribution in [3.8, 4) is 28.6 Å². The molecule has 0 atom stereocenters. The van der Waals surface area contributed by atoms with Crippen LogP contribution in [0, 0.1) is 6.92 Å². The van der Waals surface area contributed by atoms with E-state index in [-0.39, 0.29) is 0 Å². The zero-order valence-corrected chi connectivity index (χ0v) is 15.3. The van der Waals surface area contributed by atoms with E-state index in [9.17, 15) is 4.79 Å². The van der Waals surface area contributed by atoms with Gasteiger partial charge >= 0.3 is 0 Å². The number of aldehydes is 1. The molecule has 3 rings (SSSR count). The van der Waals surface area contributed by atoms with Crippen LogP contribution in [0.4, 0.5) is 0 Å². The van der Waals surface area contributed by atoms with Crippen LogP contribution in [0.15, 0.2) is 53.0 Å². The monoisotopic (exact) mass is 398 g/mol. The summed E-state index contributed by atoms with van der Waals surface area (Å²) in [4.78, 5) is 19.8. The molecular formula is C19H15BrN2O3. The van der Waals surface area contributed by atoms with Gasteiger partial charge in [-0.05, 0) is 35.0 Å². The van der Waals surface area contributed by atoms with Gasteiger partial charge in [0, 0.05) is 17.2 Å². The molecule has 0 spiro atoms. The van der Waals surface area contributed by atoms with E-state index in [1.165, 1.54) is 7.11 Å². The maximum atomic E-state index is 11.0. The third-order valence-electron chi connectivity index (χ3n) is 3.48. The number of carbonyl (C=O) groups excluding carboxylic acids is 1. The fourth-order valence-corrected chi connectivity index (χ4v) is 2.90. The molecule has 0 bridgehead atoms. The van der Waals surface area contributed by atoms with Crippen molar-refractivity contribution in [2.45, 2.75) is 6.92 Å². The number of nitrogens with zero attached hydrogens (tertiary/aromatic N) is 2. The van der Waals surface area contributed by atoms with Gasteiger partial charge in [0.05, 0.1) is 17.3 Å². The van der Waals surface area contributed by atoms with Gasteiger partial charge in [-0.3, -0.25) is 4.79 Å². The fraction of sp³-hybridized carbons (Fsp3) is 0.105. The number of carbonyl (C=O) groups is 1. The second-order valence-corrected chi connectivity index (χ2v) is 6.11. The van der Waals surface area contributed by atoms with Crippen LogP contribution < -0.4 is 9.47 Å². The highest BCUT2D eigenvalue weighted by Crippen LogP contribution is 2.39. The maximum absolute atomic E-state index is 11.0. The summed E-state index contributed by atoms with van der Waals surface area (Å²) in [7, 11) is 1.52. The van der Waals surface area contributed by atoms with Gasteiger partial charge in [0.2, 0.25) is 5.88 Å². The number of hydrogen-bond donors (Lipinski definition) is 0. The Morgan fingerprint density at radius 3 is 2.52 bits per heavy atom. The molecular weight excluding hydrogens is 384 g/mol. The molecule has 0 aliphatic rings. The SMILES string of the molecule is COc1cc(C=O)cc(Br)c1Oc1cc(-c2ccccc2)nc(C)n1. The maximum Gasteiger partial charge on any atom is 0.223 e. The van der Waals surface area contributed by atoms with Crippen molar-refractivity contribution in [3.63, 3.8) is 0 Å². The number of aryl methyl sites for hydroxylation is 1. The molecule has 1 aromatic heterocycles. The van der Waals surface area contributed by atoms with E-state index in [4.69, 9.17) is 9.47 Å². The summed E-state index contributed by atoms with van der Waals surface area (Å²) < 4.78 is 11.9. The Labute approximate surface area is 153 Å². The van der Waals surface area contributed by atoms with Crippen LogP contribution in [0.1, 0.15) is 16.2 Å². The number of methoxy groups -OCH3 is 1. The van der Waals surface area contributed by atoms with Crippen molar-refractivity contribution >= 4 is 22.2 Å². The molecule has 0 saturated carbocycles. The summed E-state index contributed by atoms with van der Waals surface area (Å²) in [5, 5.41) is 0. The normalized spacial score (nSPS) is 10.4. The first-order valence-electron chi connectivity index (χ1n) is 7.52. The van der Waals surface area contributed by atoms with Gasteiger partial charge in [-0.15, -0.1) is 0 Å². The van der Waals surface area contributed by atoms with Gasteiger partial charge in [0.1, 0.15) is 12.1 Å². The van der Waals surface area contributed by atoms with Crippen LogP contribution in [0.2, 0.25) is 0 Å². The van der Waals surface area contributed by atoms with Crippen LogP contribution >= 0.6 is 15.9 Å². The minimum atomic E-state index is 0.393. The zero-order valence-electron chi connectivity index (χ0n) is 13.7. The number of benzene rings is 2. The Hall–Kier alpha value is -2.73. The van der Waals surface area contributed by atoms with E-state index in [0.717, 1.165) is 17.5 Å². The number of rotatable bonds is 5. The molecule has 3 aromatic rings. The summed E-state index contributed by atoms with van der Waals surface area (Å²) in [5.41, 5.74) is 2.22. The largest absolute Gasteiger partial charge is 0.493 e. The van der Waals surface area contributed by atoms with E-state index in [0.29, 0.717) is 33.2 Å². The van der Waals surface area contributed by atoms with Crippen molar-refractivity contribution in [3.05, 3.63) is 64.4 Å². The van der Waals surface area contributed by atoms with Gasteiger partial charge < -0.3 is 9.47 Å². The fourth-order valence-electron chi connectivity index (χ4n) is 2.36. The van der Waals surface area contributed by atoms with E-state index < -0.39 is 0 Å². The number of halogens is 1. The average Bonchev–Trinajstić information content (AvgIpc) is 2.63. The molecule has 126 valence electrons. The lowest BCUT2D eigenvalue weighted by Crippen LogP contribution is -1.98. The Morgan fingerprint density at radius 2 is 1.84 bits per heavy atom. The van der Waals surface area contributed by atoms with Crippen molar-refractivity contribution in [2.75, 3.05) is 7.11 Å². The summed E-state index contributed by atoms with van der Waals surface area (Å²) in [6.07, 6.45) is 0.749. The lowest BCUT2D eigenvalue weighted by Gasteiger charge is -2.13. The van der Waals surface area contributed by atoms with Crippen LogP contribution in [0.25, 0.3) is 11.3 Å². The molecule has 0 N–H and O–H groups in total. The summed E-state index contributed by atoms with van der Waals surface area (Å²) >= 11 is 3.41. The van der Waals surface area contributed by atoms with E-state index in [2.05, 4.69) is 25.9 Å². The Kier molecular flexibility index (Phi) is 5.09. The molecule has 2 aromatic carbocycles. The lowest BCUT2D eigenvalue weighted by molar-refractivity contribution is 0.112. The quantitative estimate of drug-likeness (QED) is 0.576. The molecule has 5 nitrogen and oxygen atoms in total. The van der Waals surface area contributed by atoms with Crippen LogP contribution in [0.5, 0.6) is 17.4 Å². The predicted octanol–water partition coefficient (Wildman–Crippen LogP) is 4.83. The first-order chi connectivity index (χ1) is 12.1. The van der Waals surface area contributed by atoms with Crippen molar-refractivity contribution in [1.29, 1.82) is 0 Å². The molecule has 0 radical (unpaired) electrons. The van der Waals surface area contributed by atoms with Gasteiger partial charge in [-0.1, -0.05) is 30.3 Å². The minimum Gasteiger partial charge on any atom is -0.493 e. The van der Waals surface area contributed by atoms with Crippen LogP contribution in [0.3, 0.4) is 0 Å². The molecule has 1 heterocycles. The second kappa shape index (κ2) is 7.44. The topological polar surface area (TPSA) is 61.3 Å². The van der Waals surface area contributed by atoms with Gasteiger partial charge in [-0.2, -0.15) is 4.98 Å². The number of aromatic nitrogens is 2. The molecule has 0 fully saturated rings. The zero-order chi connectivity index (χ0) is 17.8. The molecule has 0 aliphatic carbocycles. The van der Waals surface area contributed by atoms with Gasteiger partial charge in [0.25, 0.3) is 0 Å². The third-order valence-corrected chi connectivity index (χ3v) is 4.07. The van der Waals surface area contributed by atoms with Gasteiger partial charge in [0.15, 0.2) is 11.5 Å². The summed E-state index contributed by atoms with van der Waals surface area (Å²) in [5.74, 6) is 1.87. The van der Waals surface area contributed by atoms with Crippen LogP contribution in [-0.4, -0.2) is 23.4 Å². The predicted molar refractivity (Wildman–Crippen MR) is 98.4 cm³/mol. The smallest absolute Gasteiger partial charge is 0.223 e. The third kappa shape index (κ3) is 3.85. The highest BCUT2D eigenvalue weighted by atomic mass is 79.9. The van der Waals surface area contributed by atoms with E-state index in [1.54, 1.807) is 25.1 Å². The Morgan fingerprint density at radius 1 is 1.08 bits per heavy atom. The molecule has 0 amide bonds. The Bertz CT molecular complexity index is 914. The minimum absolute atomic E-state index is 0.393. The highest BCUT2D eigenvalue weighted by Gasteiger charge is 2.14. The second-order valence-electron chi connectivity index (χ2n) is 5.26. The van der Waals surface area contributed by atoms with Crippen molar-refractivity contribution < 1.29 is 14.3 Å². The molecule has 25 heavy (non-hydrogen) atoms.